The normalized spacial score (nSPS) is 9.62. The highest BCUT2D eigenvalue weighted by Crippen LogP contribution is 1.88. The number of rotatable bonds is 4. The molecule has 0 fully saturated rings. The van der Waals surface area contributed by atoms with Crippen LogP contribution >= 0.6 is 12.2 Å². The molecule has 0 unspecified atom stereocenters. The van der Waals surface area contributed by atoms with E-state index in [-0.39, 0.29) is 0 Å². The summed E-state index contributed by atoms with van der Waals surface area (Å²) < 4.78 is 2.05. The maximum atomic E-state index is 4.93. The van der Waals surface area contributed by atoms with E-state index in [2.05, 4.69) is 15.6 Å². The van der Waals surface area contributed by atoms with Crippen LogP contribution in [0.25, 0.3) is 0 Å². The fourth-order valence-corrected chi connectivity index (χ4v) is 1.07. The summed E-state index contributed by atoms with van der Waals surface area (Å²) in [7, 11) is 1.81. The van der Waals surface area contributed by atoms with Gasteiger partial charge in [-0.1, -0.05) is 0 Å². The van der Waals surface area contributed by atoms with Crippen LogP contribution in [0, 0.1) is 0 Å². The van der Waals surface area contributed by atoms with Crippen molar-refractivity contribution in [1.29, 1.82) is 0 Å². The van der Waals surface area contributed by atoms with Crippen molar-refractivity contribution in [3.05, 3.63) is 18.7 Å². The topological polar surface area (TPSA) is 41.9 Å². The van der Waals surface area contributed by atoms with Crippen LogP contribution in [-0.4, -0.2) is 28.3 Å². The maximum absolute atomic E-state index is 4.93. The standard InChI is InChI=1S/C8H14N4S/c1-9-8(13)11-3-2-5-12-6-4-10-7-12/h4,6-7H,2-3,5H2,1H3,(H2,9,11,13). The molecule has 1 heterocycles. The van der Waals surface area contributed by atoms with Gasteiger partial charge in [-0.15, -0.1) is 0 Å². The van der Waals surface area contributed by atoms with Gasteiger partial charge in [0.1, 0.15) is 0 Å². The first kappa shape index (κ1) is 9.98. The smallest absolute Gasteiger partial charge is 0.166 e. The van der Waals surface area contributed by atoms with E-state index < -0.39 is 0 Å². The molecule has 0 aliphatic heterocycles. The van der Waals surface area contributed by atoms with E-state index in [9.17, 15) is 0 Å². The van der Waals surface area contributed by atoms with Crippen molar-refractivity contribution in [2.24, 2.45) is 0 Å². The Morgan fingerprint density at radius 3 is 3.08 bits per heavy atom. The zero-order chi connectivity index (χ0) is 9.52. The minimum Gasteiger partial charge on any atom is -0.366 e. The third-order valence-electron chi connectivity index (χ3n) is 1.66. The lowest BCUT2D eigenvalue weighted by molar-refractivity contribution is 0.629. The molecule has 0 saturated carbocycles. The second kappa shape index (κ2) is 5.53. The van der Waals surface area contributed by atoms with Crippen LogP contribution in [0.15, 0.2) is 18.7 Å². The van der Waals surface area contributed by atoms with Crippen molar-refractivity contribution in [2.75, 3.05) is 13.6 Å². The molecule has 72 valence electrons. The molecule has 0 aliphatic rings. The Kier molecular flexibility index (Phi) is 4.25. The molecule has 0 amide bonds. The number of nitrogens with one attached hydrogen (secondary N) is 2. The van der Waals surface area contributed by atoms with Crippen LogP contribution in [0.1, 0.15) is 6.42 Å². The van der Waals surface area contributed by atoms with E-state index in [1.165, 1.54) is 0 Å². The van der Waals surface area contributed by atoms with E-state index in [0.29, 0.717) is 5.11 Å². The zero-order valence-electron chi connectivity index (χ0n) is 7.66. The lowest BCUT2D eigenvalue weighted by Gasteiger charge is -2.06. The lowest BCUT2D eigenvalue weighted by atomic mass is 10.4. The van der Waals surface area contributed by atoms with Gasteiger partial charge in [0.2, 0.25) is 0 Å². The fourth-order valence-electron chi connectivity index (χ4n) is 0.971. The highest BCUT2D eigenvalue weighted by atomic mass is 32.1. The highest BCUT2D eigenvalue weighted by molar-refractivity contribution is 7.80. The molecule has 1 rings (SSSR count). The van der Waals surface area contributed by atoms with Gasteiger partial charge in [0, 0.05) is 32.5 Å². The van der Waals surface area contributed by atoms with E-state index >= 15 is 0 Å². The molecule has 0 bridgehead atoms. The zero-order valence-corrected chi connectivity index (χ0v) is 8.47. The number of hydrogen-bond acceptors (Lipinski definition) is 2. The molecule has 1 aromatic rings. The first-order valence-electron chi connectivity index (χ1n) is 4.24. The van der Waals surface area contributed by atoms with Gasteiger partial charge >= 0.3 is 0 Å². The minimum absolute atomic E-state index is 0.700. The molecule has 2 N–H and O–H groups in total. The van der Waals surface area contributed by atoms with Crippen molar-refractivity contribution < 1.29 is 0 Å². The molecule has 4 nitrogen and oxygen atoms in total. The summed E-state index contributed by atoms with van der Waals surface area (Å²) in [6.45, 7) is 1.86. The van der Waals surface area contributed by atoms with Crippen LogP contribution in [0.2, 0.25) is 0 Å². The largest absolute Gasteiger partial charge is 0.366 e. The number of imidazole rings is 1. The summed E-state index contributed by atoms with van der Waals surface area (Å²) in [5.41, 5.74) is 0. The monoisotopic (exact) mass is 198 g/mol. The Labute approximate surface area is 83.4 Å². The first-order chi connectivity index (χ1) is 6.33. The van der Waals surface area contributed by atoms with Gasteiger partial charge < -0.3 is 15.2 Å². The van der Waals surface area contributed by atoms with Crippen molar-refractivity contribution >= 4 is 17.3 Å². The lowest BCUT2D eigenvalue weighted by Crippen LogP contribution is -2.33. The van der Waals surface area contributed by atoms with Gasteiger partial charge in [-0.05, 0) is 18.6 Å². The molecule has 0 spiro atoms. The van der Waals surface area contributed by atoms with Crippen LogP contribution in [0.3, 0.4) is 0 Å². The molecule has 0 aromatic carbocycles. The van der Waals surface area contributed by atoms with Crippen LogP contribution < -0.4 is 10.6 Å². The van der Waals surface area contributed by atoms with Crippen LogP contribution in [-0.2, 0) is 6.54 Å². The SMILES string of the molecule is CNC(=S)NCCCn1ccnc1. The third kappa shape index (κ3) is 3.89. The van der Waals surface area contributed by atoms with Gasteiger partial charge in [-0.2, -0.15) is 0 Å². The summed E-state index contributed by atoms with van der Waals surface area (Å²) in [4.78, 5) is 3.96. The van der Waals surface area contributed by atoms with Gasteiger partial charge in [0.15, 0.2) is 5.11 Å². The van der Waals surface area contributed by atoms with Gasteiger partial charge in [-0.3, -0.25) is 0 Å². The van der Waals surface area contributed by atoms with Crippen molar-refractivity contribution in [1.82, 2.24) is 20.2 Å². The van der Waals surface area contributed by atoms with Gasteiger partial charge in [-0.25, -0.2) is 4.98 Å². The molecule has 1 aromatic heterocycles. The van der Waals surface area contributed by atoms with Crippen molar-refractivity contribution in [3.63, 3.8) is 0 Å². The minimum atomic E-state index is 0.700. The number of aryl methyl sites for hydroxylation is 1. The number of nitrogens with zero attached hydrogens (tertiary/aromatic N) is 2. The third-order valence-corrected chi connectivity index (χ3v) is 2.01. The molecule has 0 aliphatic carbocycles. The highest BCUT2D eigenvalue weighted by Gasteiger charge is 1.91. The number of hydrogen-bond donors (Lipinski definition) is 2. The Balaban J connectivity index is 2.05. The first-order valence-corrected chi connectivity index (χ1v) is 4.65. The average Bonchev–Trinajstić information content (AvgIpc) is 2.64. The fraction of sp³-hybridized carbons (Fsp3) is 0.500. The van der Waals surface area contributed by atoms with Crippen molar-refractivity contribution in [3.8, 4) is 0 Å². The Morgan fingerprint density at radius 1 is 1.62 bits per heavy atom. The number of aromatic nitrogens is 2. The predicted molar refractivity (Wildman–Crippen MR) is 56.5 cm³/mol. The van der Waals surface area contributed by atoms with Gasteiger partial charge in [0.05, 0.1) is 6.33 Å². The summed E-state index contributed by atoms with van der Waals surface area (Å²) in [5.74, 6) is 0. The van der Waals surface area contributed by atoms with E-state index in [1.54, 1.807) is 6.20 Å². The van der Waals surface area contributed by atoms with E-state index in [0.717, 1.165) is 19.5 Å². The predicted octanol–water partition coefficient (Wildman–Crippen LogP) is 0.367. The summed E-state index contributed by atoms with van der Waals surface area (Å²) >= 11 is 4.93. The van der Waals surface area contributed by atoms with Gasteiger partial charge in [0.25, 0.3) is 0 Å². The summed E-state index contributed by atoms with van der Waals surface area (Å²) in [6.07, 6.45) is 6.59. The van der Waals surface area contributed by atoms with E-state index in [4.69, 9.17) is 12.2 Å². The Hall–Kier alpha value is -1.10. The summed E-state index contributed by atoms with van der Waals surface area (Å²) in [5, 5.41) is 6.64. The summed E-state index contributed by atoms with van der Waals surface area (Å²) in [6, 6.07) is 0. The average molecular weight is 198 g/mol. The molecule has 13 heavy (non-hydrogen) atoms. The molecule has 0 radical (unpaired) electrons. The van der Waals surface area contributed by atoms with E-state index in [1.807, 2.05) is 24.1 Å². The Morgan fingerprint density at radius 2 is 2.46 bits per heavy atom. The molecule has 5 heteroatoms. The quantitative estimate of drug-likeness (QED) is 0.542. The van der Waals surface area contributed by atoms with Crippen LogP contribution in [0.5, 0.6) is 0 Å². The maximum Gasteiger partial charge on any atom is 0.166 e. The number of thiocarbonyl (C=S) groups is 1. The van der Waals surface area contributed by atoms with Crippen LogP contribution in [0.4, 0.5) is 0 Å². The Bertz CT molecular complexity index is 245. The van der Waals surface area contributed by atoms with Crippen molar-refractivity contribution in [2.45, 2.75) is 13.0 Å². The molecule has 0 atom stereocenters. The second-order valence-electron chi connectivity index (χ2n) is 2.66. The second-order valence-corrected chi connectivity index (χ2v) is 3.07. The molecular weight excluding hydrogens is 184 g/mol. The molecule has 0 saturated heterocycles. The molecular formula is C8H14N4S.